The van der Waals surface area contributed by atoms with Gasteiger partial charge in [-0.05, 0) is 54.8 Å². The summed E-state index contributed by atoms with van der Waals surface area (Å²) in [5.74, 6) is -1.69. The molecule has 2 aromatic carbocycles. The van der Waals surface area contributed by atoms with E-state index in [1.807, 2.05) is 0 Å². The van der Waals surface area contributed by atoms with Gasteiger partial charge in [-0.15, -0.1) is 0 Å². The van der Waals surface area contributed by atoms with Crippen molar-refractivity contribution in [1.82, 2.24) is 5.32 Å². The molecule has 142 valence electrons. The lowest BCUT2D eigenvalue weighted by atomic mass is 10.1. The summed E-state index contributed by atoms with van der Waals surface area (Å²) in [6.07, 6.45) is 1.35. The number of aliphatic carboxylic acids is 1. The van der Waals surface area contributed by atoms with Crippen LogP contribution in [0.2, 0.25) is 0 Å². The van der Waals surface area contributed by atoms with Crippen LogP contribution in [0.25, 0.3) is 0 Å². The number of halogens is 1. The third kappa shape index (κ3) is 7.27. The molecule has 0 aliphatic heterocycles. The molecule has 0 saturated carbocycles. The third-order valence-electron chi connectivity index (χ3n) is 3.85. The molecule has 0 bridgehead atoms. The van der Waals surface area contributed by atoms with Gasteiger partial charge in [0.15, 0.2) is 0 Å². The van der Waals surface area contributed by atoms with Crippen molar-refractivity contribution in [1.29, 1.82) is 0 Å². The summed E-state index contributed by atoms with van der Waals surface area (Å²) in [4.78, 5) is 34.3. The summed E-state index contributed by atoms with van der Waals surface area (Å²) in [6.45, 7) is 0.331. The van der Waals surface area contributed by atoms with Crippen molar-refractivity contribution < 1.29 is 23.9 Å². The summed E-state index contributed by atoms with van der Waals surface area (Å²) < 4.78 is 12.9. The Labute approximate surface area is 156 Å². The summed E-state index contributed by atoms with van der Waals surface area (Å²) >= 11 is 0. The predicted molar refractivity (Wildman–Crippen MR) is 98.7 cm³/mol. The first-order valence-electron chi connectivity index (χ1n) is 8.58. The molecule has 6 nitrogen and oxygen atoms in total. The highest BCUT2D eigenvalue weighted by molar-refractivity contribution is 6.04. The first-order valence-corrected chi connectivity index (χ1v) is 8.58. The fraction of sp³-hybridized carbons (Fsp3) is 0.250. The first-order chi connectivity index (χ1) is 12.9. The molecule has 27 heavy (non-hydrogen) atoms. The number of amides is 2. The Bertz CT molecular complexity index is 789. The van der Waals surface area contributed by atoms with E-state index in [1.54, 1.807) is 24.3 Å². The molecule has 2 aromatic rings. The van der Waals surface area contributed by atoms with Gasteiger partial charge in [-0.3, -0.25) is 14.4 Å². The normalized spacial score (nSPS) is 10.3. The molecule has 3 N–H and O–H groups in total. The highest BCUT2D eigenvalue weighted by atomic mass is 19.1. The summed E-state index contributed by atoms with van der Waals surface area (Å²) in [6, 6.07) is 12.3. The predicted octanol–water partition coefficient (Wildman–Crippen LogP) is 3.34. The van der Waals surface area contributed by atoms with E-state index in [0.29, 0.717) is 30.6 Å². The zero-order chi connectivity index (χ0) is 19.6. The number of hydrogen-bond acceptors (Lipinski definition) is 3. The second-order valence-electron chi connectivity index (χ2n) is 6.04. The van der Waals surface area contributed by atoms with Crippen LogP contribution in [0, 0.1) is 5.82 Å². The number of carbonyl (C=O) groups excluding carboxylic acids is 2. The Balaban J connectivity index is 1.77. The second-order valence-corrected chi connectivity index (χ2v) is 6.04. The van der Waals surface area contributed by atoms with E-state index in [9.17, 15) is 18.8 Å². The molecular formula is C20H21FN2O4. The minimum Gasteiger partial charge on any atom is -0.481 e. The smallest absolute Gasteiger partial charge is 0.303 e. The van der Waals surface area contributed by atoms with Crippen LogP contribution >= 0.6 is 0 Å². The lowest BCUT2D eigenvalue weighted by Gasteiger charge is -2.08. The van der Waals surface area contributed by atoms with Gasteiger partial charge < -0.3 is 15.7 Å². The van der Waals surface area contributed by atoms with E-state index in [-0.39, 0.29) is 30.5 Å². The molecular weight excluding hydrogens is 351 g/mol. The molecule has 0 radical (unpaired) electrons. The Morgan fingerprint density at radius 2 is 1.52 bits per heavy atom. The standard InChI is InChI=1S/C20H21FN2O4/c21-16-9-11-17(12-10-16)23-20(27)15-7-5-14(6-8-15)13-22-18(24)3-1-2-4-19(25)26/h5-12H,1-4,13H2,(H,22,24)(H,23,27)(H,25,26). The molecule has 0 saturated heterocycles. The molecule has 0 aliphatic carbocycles. The Morgan fingerprint density at radius 3 is 2.15 bits per heavy atom. The van der Waals surface area contributed by atoms with Crippen molar-refractivity contribution in [2.45, 2.75) is 32.2 Å². The SMILES string of the molecule is O=C(O)CCCCC(=O)NCc1ccc(C(=O)Nc2ccc(F)cc2)cc1. The van der Waals surface area contributed by atoms with Crippen molar-refractivity contribution in [3.8, 4) is 0 Å². The third-order valence-corrected chi connectivity index (χ3v) is 3.85. The quantitative estimate of drug-likeness (QED) is 0.588. The van der Waals surface area contributed by atoms with Crippen molar-refractivity contribution >= 4 is 23.5 Å². The number of anilines is 1. The van der Waals surface area contributed by atoms with E-state index < -0.39 is 5.97 Å². The first kappa shape index (κ1) is 20.1. The number of nitrogens with one attached hydrogen (secondary N) is 2. The number of carboxylic acids is 1. The Kier molecular flexibility index (Phi) is 7.49. The Hall–Kier alpha value is -3.22. The summed E-state index contributed by atoms with van der Waals surface area (Å²) in [7, 11) is 0. The molecule has 2 rings (SSSR count). The van der Waals surface area contributed by atoms with Gasteiger partial charge in [-0.25, -0.2) is 4.39 Å². The molecule has 0 spiro atoms. The van der Waals surface area contributed by atoms with Crippen molar-refractivity contribution in [2.75, 3.05) is 5.32 Å². The highest BCUT2D eigenvalue weighted by Gasteiger charge is 2.07. The van der Waals surface area contributed by atoms with Gasteiger partial charge >= 0.3 is 5.97 Å². The minimum atomic E-state index is -0.862. The van der Waals surface area contributed by atoms with Crippen LogP contribution in [0.15, 0.2) is 48.5 Å². The van der Waals surface area contributed by atoms with E-state index in [4.69, 9.17) is 5.11 Å². The Morgan fingerprint density at radius 1 is 0.889 bits per heavy atom. The van der Waals surface area contributed by atoms with Crippen LogP contribution in [0.3, 0.4) is 0 Å². The molecule has 0 aliphatic rings. The van der Waals surface area contributed by atoms with Crippen molar-refractivity contribution in [2.24, 2.45) is 0 Å². The zero-order valence-corrected chi connectivity index (χ0v) is 14.7. The van der Waals surface area contributed by atoms with Crippen molar-refractivity contribution in [3.05, 3.63) is 65.5 Å². The van der Waals surface area contributed by atoms with Gasteiger partial charge in [0.1, 0.15) is 5.82 Å². The average Bonchev–Trinajstić information content (AvgIpc) is 2.65. The minimum absolute atomic E-state index is 0.0642. The maximum absolute atomic E-state index is 12.9. The molecule has 0 unspecified atom stereocenters. The number of carbonyl (C=O) groups is 3. The maximum atomic E-state index is 12.9. The number of unbranched alkanes of at least 4 members (excludes halogenated alkanes) is 1. The summed E-state index contributed by atoms with van der Waals surface area (Å²) in [5, 5.41) is 14.0. The topological polar surface area (TPSA) is 95.5 Å². The van der Waals surface area contributed by atoms with Crippen LogP contribution in [0.4, 0.5) is 10.1 Å². The van der Waals surface area contributed by atoms with Crippen LogP contribution < -0.4 is 10.6 Å². The lowest BCUT2D eigenvalue weighted by molar-refractivity contribution is -0.137. The molecule has 7 heteroatoms. The fourth-order valence-electron chi connectivity index (χ4n) is 2.36. The highest BCUT2D eigenvalue weighted by Crippen LogP contribution is 2.11. The van der Waals surface area contributed by atoms with E-state index in [2.05, 4.69) is 10.6 Å². The number of hydrogen-bond donors (Lipinski definition) is 3. The van der Waals surface area contributed by atoms with Crippen LogP contribution in [-0.2, 0) is 16.1 Å². The van der Waals surface area contributed by atoms with E-state index in [1.165, 1.54) is 24.3 Å². The van der Waals surface area contributed by atoms with Gasteiger partial charge in [0.2, 0.25) is 5.91 Å². The second kappa shape index (κ2) is 10.1. The fourth-order valence-corrected chi connectivity index (χ4v) is 2.36. The van der Waals surface area contributed by atoms with Crippen molar-refractivity contribution in [3.63, 3.8) is 0 Å². The maximum Gasteiger partial charge on any atom is 0.303 e. The summed E-state index contributed by atoms with van der Waals surface area (Å²) in [5.41, 5.74) is 1.79. The number of rotatable bonds is 9. The molecule has 0 fully saturated rings. The molecule has 0 aromatic heterocycles. The van der Waals surface area contributed by atoms with Crippen LogP contribution in [-0.4, -0.2) is 22.9 Å². The van der Waals surface area contributed by atoms with Gasteiger partial charge in [0.25, 0.3) is 5.91 Å². The van der Waals surface area contributed by atoms with Crippen LogP contribution in [0.5, 0.6) is 0 Å². The zero-order valence-electron chi connectivity index (χ0n) is 14.7. The van der Waals surface area contributed by atoms with Gasteiger partial charge in [-0.2, -0.15) is 0 Å². The average molecular weight is 372 g/mol. The largest absolute Gasteiger partial charge is 0.481 e. The molecule has 0 atom stereocenters. The molecule has 0 heterocycles. The van der Waals surface area contributed by atoms with E-state index in [0.717, 1.165) is 5.56 Å². The molecule has 2 amide bonds. The van der Waals surface area contributed by atoms with Gasteiger partial charge in [0, 0.05) is 30.6 Å². The lowest BCUT2D eigenvalue weighted by Crippen LogP contribution is -2.22. The number of benzene rings is 2. The van der Waals surface area contributed by atoms with E-state index >= 15 is 0 Å². The number of carboxylic acid groups (broad SMARTS) is 1. The van der Waals surface area contributed by atoms with Gasteiger partial charge in [0.05, 0.1) is 0 Å². The van der Waals surface area contributed by atoms with Gasteiger partial charge in [-0.1, -0.05) is 12.1 Å². The monoisotopic (exact) mass is 372 g/mol. The van der Waals surface area contributed by atoms with Crippen LogP contribution in [0.1, 0.15) is 41.6 Å².